The third-order valence-corrected chi connectivity index (χ3v) is 1.93. The van der Waals surface area contributed by atoms with E-state index >= 15 is 0 Å². The summed E-state index contributed by atoms with van der Waals surface area (Å²) in [4.78, 5) is 0. The van der Waals surface area contributed by atoms with E-state index in [1.54, 1.807) is 27.9 Å². The van der Waals surface area contributed by atoms with E-state index in [4.69, 9.17) is 10.2 Å². The quantitative estimate of drug-likeness (QED) is 0.337. The van der Waals surface area contributed by atoms with Gasteiger partial charge < -0.3 is 22.6 Å². The van der Waals surface area contributed by atoms with Gasteiger partial charge in [0.1, 0.15) is 0 Å². The van der Waals surface area contributed by atoms with Gasteiger partial charge >= 0.3 is 0 Å². The number of hydrogen-bond donors (Lipinski definition) is 2. The van der Waals surface area contributed by atoms with Crippen LogP contribution in [0, 0.1) is 0 Å². The van der Waals surface area contributed by atoms with Gasteiger partial charge in [0, 0.05) is 13.8 Å². The number of aliphatic hydroxyl groups is 2. The first-order chi connectivity index (χ1) is 3.89. The van der Waals surface area contributed by atoms with Crippen molar-refractivity contribution in [2.75, 3.05) is 14.1 Å². The number of rotatable bonds is 2. The molecule has 2 unspecified atom stereocenters. The first-order valence-corrected chi connectivity index (χ1v) is 3.08. The van der Waals surface area contributed by atoms with Crippen LogP contribution in [0.1, 0.15) is 13.8 Å². The Labute approximate surface area is 68.3 Å². The first kappa shape index (κ1) is 12.8. The molecule has 0 spiro atoms. The number of halogens is 1. The van der Waals surface area contributed by atoms with Gasteiger partial charge in [0.05, 0.1) is 14.1 Å². The van der Waals surface area contributed by atoms with E-state index in [-0.39, 0.29) is 16.9 Å². The highest BCUT2D eigenvalue weighted by atomic mass is 35.5. The van der Waals surface area contributed by atoms with E-state index in [0.29, 0.717) is 0 Å². The van der Waals surface area contributed by atoms with Gasteiger partial charge in [-0.3, -0.25) is 4.48 Å². The molecule has 0 amide bonds. The fourth-order valence-electron chi connectivity index (χ4n) is 0.312. The fourth-order valence-corrected chi connectivity index (χ4v) is 0.312. The van der Waals surface area contributed by atoms with Crippen molar-refractivity contribution in [2.24, 2.45) is 0 Å². The zero-order chi connectivity index (χ0) is 7.65. The highest BCUT2D eigenvalue weighted by Gasteiger charge is 2.26. The maximum atomic E-state index is 9.06. The molecule has 0 aliphatic heterocycles. The minimum atomic E-state index is -0.523. The molecule has 0 rings (SSSR count). The van der Waals surface area contributed by atoms with Gasteiger partial charge in [-0.1, -0.05) is 0 Å². The monoisotopic (exact) mass is 169 g/mol. The lowest BCUT2D eigenvalue weighted by Crippen LogP contribution is -3.00. The molecule has 4 heteroatoms. The second-order valence-electron chi connectivity index (χ2n) is 2.89. The van der Waals surface area contributed by atoms with E-state index < -0.39 is 12.5 Å². The van der Waals surface area contributed by atoms with Crippen LogP contribution in [0.25, 0.3) is 0 Å². The molecule has 0 fully saturated rings. The Bertz CT molecular complexity index is 83.7. The summed E-state index contributed by atoms with van der Waals surface area (Å²) in [6, 6.07) is 0. The molecular weight excluding hydrogens is 154 g/mol. The van der Waals surface area contributed by atoms with Crippen LogP contribution in [0.4, 0.5) is 0 Å². The minimum Gasteiger partial charge on any atom is -1.00 e. The van der Waals surface area contributed by atoms with Gasteiger partial charge in [-0.05, 0) is 0 Å². The average molecular weight is 170 g/mol. The van der Waals surface area contributed by atoms with E-state index in [0.717, 1.165) is 0 Å². The predicted molar refractivity (Wildman–Crippen MR) is 35.5 cm³/mol. The number of aliphatic hydroxyl groups excluding tert-OH is 2. The van der Waals surface area contributed by atoms with Crippen LogP contribution < -0.4 is 12.4 Å². The van der Waals surface area contributed by atoms with Crippen molar-refractivity contribution < 1.29 is 27.1 Å². The fraction of sp³-hybridized carbons (Fsp3) is 1.00. The van der Waals surface area contributed by atoms with Crippen molar-refractivity contribution >= 4 is 0 Å². The molecular formula is C6H16ClNO2. The molecule has 0 heterocycles. The average Bonchev–Trinajstić information content (AvgIpc) is 1.65. The predicted octanol–water partition coefficient (Wildman–Crippen LogP) is -3.26. The van der Waals surface area contributed by atoms with E-state index in [9.17, 15) is 0 Å². The summed E-state index contributed by atoms with van der Waals surface area (Å²) in [7, 11) is 3.55. The third kappa shape index (κ3) is 2.84. The molecule has 0 saturated carbocycles. The van der Waals surface area contributed by atoms with Gasteiger partial charge in [-0.25, -0.2) is 0 Å². The van der Waals surface area contributed by atoms with Crippen molar-refractivity contribution in [1.82, 2.24) is 0 Å². The largest absolute Gasteiger partial charge is 1.00 e. The van der Waals surface area contributed by atoms with Gasteiger partial charge in [0.15, 0.2) is 12.5 Å². The zero-order valence-corrected chi connectivity index (χ0v) is 7.63. The second kappa shape index (κ2) is 4.13. The van der Waals surface area contributed by atoms with E-state index in [1.165, 1.54) is 0 Å². The topological polar surface area (TPSA) is 40.5 Å². The van der Waals surface area contributed by atoms with Crippen LogP contribution in [0.5, 0.6) is 0 Å². The van der Waals surface area contributed by atoms with Crippen molar-refractivity contribution in [3.05, 3.63) is 0 Å². The van der Waals surface area contributed by atoms with Gasteiger partial charge in [0.25, 0.3) is 0 Å². The van der Waals surface area contributed by atoms with Crippen molar-refractivity contribution in [3.63, 3.8) is 0 Å². The van der Waals surface area contributed by atoms with Crippen molar-refractivity contribution in [1.29, 1.82) is 0 Å². The number of hydrogen-bond acceptors (Lipinski definition) is 2. The normalized spacial score (nSPS) is 17.4. The molecule has 0 radical (unpaired) electrons. The molecule has 3 nitrogen and oxygen atoms in total. The summed E-state index contributed by atoms with van der Waals surface area (Å²) in [5, 5.41) is 18.1. The third-order valence-electron chi connectivity index (χ3n) is 1.93. The Balaban J connectivity index is 0. The van der Waals surface area contributed by atoms with Crippen LogP contribution in [0.15, 0.2) is 0 Å². The lowest BCUT2D eigenvalue weighted by molar-refractivity contribution is -0.974. The van der Waals surface area contributed by atoms with Crippen LogP contribution in [-0.4, -0.2) is 41.2 Å². The van der Waals surface area contributed by atoms with E-state index in [2.05, 4.69) is 0 Å². The molecule has 0 aromatic heterocycles. The Hall–Kier alpha value is 0.170. The van der Waals surface area contributed by atoms with Gasteiger partial charge in [0.2, 0.25) is 0 Å². The lowest BCUT2D eigenvalue weighted by atomic mass is 10.4. The highest BCUT2D eigenvalue weighted by molar-refractivity contribution is 4.31. The molecule has 0 bridgehead atoms. The van der Waals surface area contributed by atoms with Crippen molar-refractivity contribution in [2.45, 2.75) is 26.3 Å². The molecule has 64 valence electrons. The van der Waals surface area contributed by atoms with Gasteiger partial charge in [-0.2, -0.15) is 0 Å². The lowest BCUT2D eigenvalue weighted by Gasteiger charge is -2.35. The van der Waals surface area contributed by atoms with E-state index in [1.807, 2.05) is 0 Å². The summed E-state index contributed by atoms with van der Waals surface area (Å²) in [5.41, 5.74) is 0. The minimum absolute atomic E-state index is 0. The standard InChI is InChI=1S/C6H16NO2.ClH/c1-5(8)7(3,4)6(2)9;/h5-6,8-9H,1-4H3;1H/q+1;/p-1. The SMILES string of the molecule is CC(O)[N+](C)(C)C(C)O.[Cl-]. The second-order valence-corrected chi connectivity index (χ2v) is 2.89. The summed E-state index contributed by atoms with van der Waals surface area (Å²) < 4.78 is 0.222. The van der Waals surface area contributed by atoms with Crippen LogP contribution >= 0.6 is 0 Å². The number of quaternary nitrogens is 1. The molecule has 2 N–H and O–H groups in total. The van der Waals surface area contributed by atoms with Gasteiger partial charge in [-0.15, -0.1) is 0 Å². The van der Waals surface area contributed by atoms with Crippen LogP contribution in [0.2, 0.25) is 0 Å². The molecule has 0 aliphatic rings. The Morgan fingerprint density at radius 2 is 1.20 bits per heavy atom. The molecule has 10 heavy (non-hydrogen) atoms. The van der Waals surface area contributed by atoms with Crippen molar-refractivity contribution in [3.8, 4) is 0 Å². The Morgan fingerprint density at radius 3 is 1.20 bits per heavy atom. The molecule has 0 aliphatic carbocycles. The summed E-state index contributed by atoms with van der Waals surface area (Å²) >= 11 is 0. The zero-order valence-electron chi connectivity index (χ0n) is 6.87. The summed E-state index contributed by atoms with van der Waals surface area (Å²) in [5.74, 6) is 0. The maximum Gasteiger partial charge on any atom is 0.189 e. The van der Waals surface area contributed by atoms with Crippen LogP contribution in [-0.2, 0) is 0 Å². The highest BCUT2D eigenvalue weighted by Crippen LogP contribution is 2.07. The molecule has 0 aromatic carbocycles. The smallest absolute Gasteiger partial charge is 0.189 e. The first-order valence-electron chi connectivity index (χ1n) is 3.08. The Kier molecular flexibility index (Phi) is 5.29. The summed E-state index contributed by atoms with van der Waals surface area (Å²) in [6.45, 7) is 3.32. The maximum absolute atomic E-state index is 9.06. The molecule has 2 atom stereocenters. The van der Waals surface area contributed by atoms with Crippen LogP contribution in [0.3, 0.4) is 0 Å². The summed E-state index contributed by atoms with van der Waals surface area (Å²) in [6.07, 6.45) is -1.05. The molecule has 0 saturated heterocycles. The molecule has 0 aromatic rings. The Morgan fingerprint density at radius 1 is 1.00 bits per heavy atom. The number of nitrogens with zero attached hydrogens (tertiary/aromatic N) is 1.